The minimum atomic E-state index is -0.354. The van der Waals surface area contributed by atoms with Crippen LogP contribution in [0.15, 0.2) is 35.1 Å². The maximum Gasteiger partial charge on any atom is 0.269 e. The van der Waals surface area contributed by atoms with Crippen molar-refractivity contribution in [1.29, 1.82) is 10.5 Å². The molecule has 0 spiro atoms. The molecular weight excluding hydrogens is 412 g/mol. The Morgan fingerprint density at radius 3 is 2.37 bits per heavy atom. The molecule has 10 heteroatoms. The number of carbonyl (C=O) groups is 1. The van der Waals surface area contributed by atoms with Crippen LogP contribution in [0.4, 0.5) is 17.3 Å². The highest BCUT2D eigenvalue weighted by Gasteiger charge is 2.15. The van der Waals surface area contributed by atoms with Gasteiger partial charge in [-0.25, -0.2) is 9.97 Å². The van der Waals surface area contributed by atoms with Gasteiger partial charge in [0.25, 0.3) is 5.91 Å². The minimum absolute atomic E-state index is 0.212. The van der Waals surface area contributed by atoms with Crippen LogP contribution in [0, 0.1) is 22.7 Å². The number of nitrogens with one attached hydrogen (secondary N) is 2. The molecule has 0 fully saturated rings. The molecule has 0 unspecified atom stereocenters. The van der Waals surface area contributed by atoms with Gasteiger partial charge in [0, 0.05) is 23.1 Å². The molecule has 0 saturated carbocycles. The molecule has 0 saturated heterocycles. The SMILES string of the molecule is N#CCCN(CCC#N)c1ncnc(NNC(=O)c2ccc(Br)cc2)c1N. The third-order valence-electron chi connectivity index (χ3n) is 3.55. The number of nitrogens with two attached hydrogens (primary N) is 1. The monoisotopic (exact) mass is 428 g/mol. The van der Waals surface area contributed by atoms with Crippen LogP contribution in [-0.2, 0) is 0 Å². The topological polar surface area (TPSA) is 144 Å². The van der Waals surface area contributed by atoms with Gasteiger partial charge in [-0.3, -0.25) is 15.6 Å². The van der Waals surface area contributed by atoms with Crippen LogP contribution in [0.3, 0.4) is 0 Å². The first-order valence-electron chi connectivity index (χ1n) is 7.98. The van der Waals surface area contributed by atoms with Gasteiger partial charge in [0.1, 0.15) is 12.0 Å². The maximum absolute atomic E-state index is 12.2. The van der Waals surface area contributed by atoms with Crippen molar-refractivity contribution >= 4 is 39.2 Å². The van der Waals surface area contributed by atoms with Gasteiger partial charge in [0.05, 0.1) is 25.0 Å². The summed E-state index contributed by atoms with van der Waals surface area (Å²) in [4.78, 5) is 22.1. The maximum atomic E-state index is 12.2. The summed E-state index contributed by atoms with van der Waals surface area (Å²) < 4.78 is 0.867. The van der Waals surface area contributed by atoms with Crippen molar-refractivity contribution in [2.45, 2.75) is 12.8 Å². The summed E-state index contributed by atoms with van der Waals surface area (Å²) in [7, 11) is 0. The number of nitriles is 2. The number of nitrogens with zero attached hydrogens (tertiary/aromatic N) is 5. The van der Waals surface area contributed by atoms with Gasteiger partial charge >= 0.3 is 0 Å². The van der Waals surface area contributed by atoms with Crippen molar-refractivity contribution < 1.29 is 4.79 Å². The van der Waals surface area contributed by atoms with E-state index in [0.29, 0.717) is 24.5 Å². The molecule has 2 rings (SSSR count). The first kappa shape index (κ1) is 19.9. The van der Waals surface area contributed by atoms with Crippen molar-refractivity contribution in [3.63, 3.8) is 0 Å². The van der Waals surface area contributed by atoms with Crippen LogP contribution in [0.5, 0.6) is 0 Å². The molecule has 1 aromatic carbocycles. The summed E-state index contributed by atoms with van der Waals surface area (Å²) in [6, 6.07) is 11.0. The normalized spacial score (nSPS) is 9.74. The molecule has 0 aliphatic heterocycles. The van der Waals surface area contributed by atoms with Gasteiger partial charge in [-0.2, -0.15) is 10.5 Å². The first-order chi connectivity index (χ1) is 13.1. The predicted octanol–water partition coefficient (Wildman–Crippen LogP) is 2.21. The number of anilines is 3. The lowest BCUT2D eigenvalue weighted by Gasteiger charge is -2.23. The van der Waals surface area contributed by atoms with E-state index in [1.807, 2.05) is 0 Å². The molecule has 1 amide bonds. The van der Waals surface area contributed by atoms with Crippen molar-refractivity contribution in [2.75, 3.05) is 29.1 Å². The van der Waals surface area contributed by atoms with Crippen molar-refractivity contribution in [3.8, 4) is 12.1 Å². The number of hydrazine groups is 1. The molecule has 0 bridgehead atoms. The Labute approximate surface area is 164 Å². The van der Waals surface area contributed by atoms with E-state index in [2.05, 4.69) is 48.9 Å². The Morgan fingerprint density at radius 2 is 1.78 bits per heavy atom. The summed E-state index contributed by atoms with van der Waals surface area (Å²) in [6.45, 7) is 0.758. The van der Waals surface area contributed by atoms with Crippen LogP contribution >= 0.6 is 15.9 Å². The van der Waals surface area contributed by atoms with Crippen LogP contribution < -0.4 is 21.5 Å². The van der Waals surface area contributed by atoms with Crippen molar-refractivity contribution in [3.05, 3.63) is 40.6 Å². The summed E-state index contributed by atoms with van der Waals surface area (Å²) in [5.74, 6) is 0.271. The van der Waals surface area contributed by atoms with Gasteiger partial charge in [-0.15, -0.1) is 0 Å². The standard InChI is InChI=1S/C17H17BrN8O/c18-13-5-3-12(4-6-13)17(27)25-24-15-14(21)16(23-11-22-15)26(9-1-7-19)10-2-8-20/h3-6,11H,1-2,9-10,21H2,(H,25,27)(H,22,23,24). The number of hydrogen-bond acceptors (Lipinski definition) is 8. The Hall–Kier alpha value is -3.37. The molecule has 1 aromatic heterocycles. The summed E-state index contributed by atoms with van der Waals surface area (Å²) >= 11 is 3.31. The third-order valence-corrected chi connectivity index (χ3v) is 4.08. The number of hydrogen-bond donors (Lipinski definition) is 3. The summed E-state index contributed by atoms with van der Waals surface area (Å²) in [5, 5.41) is 17.6. The zero-order chi connectivity index (χ0) is 19.6. The number of halogens is 1. The highest BCUT2D eigenvalue weighted by Crippen LogP contribution is 2.26. The van der Waals surface area contributed by atoms with Gasteiger partial charge < -0.3 is 10.6 Å². The zero-order valence-electron chi connectivity index (χ0n) is 14.3. The molecule has 4 N–H and O–H groups in total. The molecule has 1 heterocycles. The highest BCUT2D eigenvalue weighted by atomic mass is 79.9. The van der Waals surface area contributed by atoms with E-state index in [4.69, 9.17) is 16.3 Å². The molecule has 0 radical (unpaired) electrons. The van der Waals surface area contributed by atoms with Crippen LogP contribution in [0.2, 0.25) is 0 Å². The number of rotatable bonds is 8. The van der Waals surface area contributed by atoms with E-state index in [9.17, 15) is 4.79 Å². The fourth-order valence-electron chi connectivity index (χ4n) is 2.22. The number of aromatic nitrogens is 2. The Balaban J connectivity index is 2.12. The molecule has 27 heavy (non-hydrogen) atoms. The van der Waals surface area contributed by atoms with E-state index in [1.54, 1.807) is 29.2 Å². The van der Waals surface area contributed by atoms with E-state index in [0.717, 1.165) is 4.47 Å². The Bertz CT molecular complexity index is 854. The Kier molecular flexibility index (Phi) is 7.35. The average Bonchev–Trinajstić information content (AvgIpc) is 2.68. The van der Waals surface area contributed by atoms with E-state index in [1.165, 1.54) is 6.33 Å². The largest absolute Gasteiger partial charge is 0.393 e. The van der Waals surface area contributed by atoms with Gasteiger partial charge in [0.2, 0.25) is 0 Å². The van der Waals surface area contributed by atoms with Crippen LogP contribution in [-0.4, -0.2) is 29.0 Å². The van der Waals surface area contributed by atoms with E-state index >= 15 is 0 Å². The second kappa shape index (κ2) is 9.94. The fourth-order valence-corrected chi connectivity index (χ4v) is 2.49. The number of carbonyl (C=O) groups excluding carboxylic acids is 1. The molecule has 138 valence electrons. The van der Waals surface area contributed by atoms with Gasteiger partial charge in [-0.1, -0.05) is 15.9 Å². The molecule has 2 aromatic rings. The smallest absolute Gasteiger partial charge is 0.269 e. The lowest BCUT2D eigenvalue weighted by Crippen LogP contribution is -2.31. The Morgan fingerprint density at radius 1 is 1.15 bits per heavy atom. The molecular formula is C17H17BrN8O. The molecule has 0 aliphatic rings. The average molecular weight is 429 g/mol. The molecule has 9 nitrogen and oxygen atoms in total. The minimum Gasteiger partial charge on any atom is -0.393 e. The highest BCUT2D eigenvalue weighted by molar-refractivity contribution is 9.10. The zero-order valence-corrected chi connectivity index (χ0v) is 15.9. The van der Waals surface area contributed by atoms with Crippen molar-refractivity contribution in [2.24, 2.45) is 0 Å². The number of amides is 1. The first-order valence-corrected chi connectivity index (χ1v) is 8.77. The fraction of sp³-hybridized carbons (Fsp3) is 0.235. The second-order valence-electron chi connectivity index (χ2n) is 5.35. The number of benzene rings is 1. The molecule has 0 aliphatic carbocycles. The summed E-state index contributed by atoms with van der Waals surface area (Å²) in [5.41, 5.74) is 12.0. The van der Waals surface area contributed by atoms with Gasteiger partial charge in [-0.05, 0) is 24.3 Å². The summed E-state index contributed by atoms with van der Waals surface area (Å²) in [6.07, 6.45) is 1.82. The third kappa shape index (κ3) is 5.56. The van der Waals surface area contributed by atoms with E-state index < -0.39 is 0 Å². The lowest BCUT2D eigenvalue weighted by molar-refractivity contribution is 0.0962. The van der Waals surface area contributed by atoms with Crippen LogP contribution in [0.25, 0.3) is 0 Å². The van der Waals surface area contributed by atoms with E-state index in [-0.39, 0.29) is 30.3 Å². The predicted molar refractivity (Wildman–Crippen MR) is 104 cm³/mol. The molecule has 0 atom stereocenters. The second-order valence-corrected chi connectivity index (χ2v) is 6.26. The van der Waals surface area contributed by atoms with Crippen molar-refractivity contribution in [1.82, 2.24) is 15.4 Å². The number of nitrogen functional groups attached to an aromatic ring is 1. The quantitative estimate of drug-likeness (QED) is 0.542. The lowest BCUT2D eigenvalue weighted by atomic mass is 10.2. The van der Waals surface area contributed by atoms with Gasteiger partial charge in [0.15, 0.2) is 11.6 Å². The van der Waals surface area contributed by atoms with Crippen LogP contribution in [0.1, 0.15) is 23.2 Å².